The summed E-state index contributed by atoms with van der Waals surface area (Å²) in [5, 5.41) is 9.81. The minimum absolute atomic E-state index is 0.198. The number of aromatic nitrogens is 1. The lowest BCUT2D eigenvalue weighted by molar-refractivity contribution is 0.297. The summed E-state index contributed by atoms with van der Waals surface area (Å²) in [6.07, 6.45) is 0. The van der Waals surface area contributed by atoms with Gasteiger partial charge in [-0.05, 0) is 42.5 Å². The van der Waals surface area contributed by atoms with E-state index >= 15 is 0 Å². The first-order chi connectivity index (χ1) is 9.65. The maximum absolute atomic E-state index is 13.7. The molecule has 3 rings (SSSR count). The minimum Gasteiger partial charge on any atom is -0.508 e. The number of aromatic hydroxyl groups is 1. The molecule has 3 nitrogen and oxygen atoms in total. The van der Waals surface area contributed by atoms with Gasteiger partial charge in [0.1, 0.15) is 23.9 Å². The summed E-state index contributed by atoms with van der Waals surface area (Å²) in [6, 6.07) is 13.3. The molecule has 0 aliphatic heterocycles. The third-order valence-corrected chi connectivity index (χ3v) is 3.36. The summed E-state index contributed by atoms with van der Waals surface area (Å²) in [7, 11) is 1.89. The first-order valence-electron chi connectivity index (χ1n) is 6.30. The molecule has 1 N–H and O–H groups in total. The zero-order valence-corrected chi connectivity index (χ0v) is 11.0. The number of benzene rings is 2. The molecule has 0 radical (unpaired) electrons. The van der Waals surface area contributed by atoms with Crippen LogP contribution in [0, 0.1) is 5.82 Å². The second kappa shape index (κ2) is 4.89. The second-order valence-corrected chi connectivity index (χ2v) is 4.65. The van der Waals surface area contributed by atoms with E-state index in [0.717, 1.165) is 11.2 Å². The summed E-state index contributed by atoms with van der Waals surface area (Å²) in [5.41, 5.74) is 1.73. The normalized spacial score (nSPS) is 10.9. The van der Waals surface area contributed by atoms with Crippen molar-refractivity contribution in [2.45, 2.75) is 6.61 Å². The molecule has 0 saturated carbocycles. The molecule has 1 heterocycles. The summed E-state index contributed by atoms with van der Waals surface area (Å²) in [4.78, 5) is 0. The van der Waals surface area contributed by atoms with Crippen molar-refractivity contribution in [3.8, 4) is 11.5 Å². The molecule has 0 saturated heterocycles. The quantitative estimate of drug-likeness (QED) is 0.789. The Morgan fingerprint density at radius 1 is 1.15 bits per heavy atom. The third-order valence-electron chi connectivity index (χ3n) is 3.36. The summed E-state index contributed by atoms with van der Waals surface area (Å²) >= 11 is 0. The van der Waals surface area contributed by atoms with Gasteiger partial charge in [-0.25, -0.2) is 4.39 Å². The van der Waals surface area contributed by atoms with E-state index in [2.05, 4.69) is 0 Å². The van der Waals surface area contributed by atoms with Gasteiger partial charge in [0, 0.05) is 12.4 Å². The predicted molar refractivity (Wildman–Crippen MR) is 75.3 cm³/mol. The molecule has 1 aromatic heterocycles. The van der Waals surface area contributed by atoms with Crippen molar-refractivity contribution in [3.63, 3.8) is 0 Å². The van der Waals surface area contributed by atoms with Crippen LogP contribution in [-0.4, -0.2) is 9.67 Å². The van der Waals surface area contributed by atoms with E-state index in [1.54, 1.807) is 36.4 Å². The average molecular weight is 271 g/mol. The fourth-order valence-corrected chi connectivity index (χ4v) is 2.22. The largest absolute Gasteiger partial charge is 0.508 e. The molecular formula is C16H14FNO2. The Kier molecular flexibility index (Phi) is 3.06. The van der Waals surface area contributed by atoms with E-state index in [4.69, 9.17) is 4.74 Å². The van der Waals surface area contributed by atoms with Crippen LogP contribution in [-0.2, 0) is 13.7 Å². The lowest BCUT2D eigenvalue weighted by Gasteiger charge is -2.07. The molecule has 2 aromatic carbocycles. The number of phenols is 1. The van der Waals surface area contributed by atoms with Crippen molar-refractivity contribution < 1.29 is 14.2 Å². The Hall–Kier alpha value is -2.49. The number of hydrogen-bond donors (Lipinski definition) is 1. The molecule has 0 unspecified atom stereocenters. The number of aryl methyl sites for hydroxylation is 1. The van der Waals surface area contributed by atoms with Gasteiger partial charge in [0.2, 0.25) is 0 Å². The highest BCUT2D eigenvalue weighted by Crippen LogP contribution is 2.23. The minimum atomic E-state index is -0.228. The van der Waals surface area contributed by atoms with Gasteiger partial charge in [-0.15, -0.1) is 0 Å². The number of rotatable bonds is 3. The molecule has 0 amide bonds. The van der Waals surface area contributed by atoms with E-state index in [0.29, 0.717) is 17.7 Å². The van der Waals surface area contributed by atoms with Crippen LogP contribution in [0.15, 0.2) is 48.5 Å². The van der Waals surface area contributed by atoms with Crippen molar-refractivity contribution >= 4 is 10.9 Å². The molecule has 20 heavy (non-hydrogen) atoms. The van der Waals surface area contributed by atoms with Gasteiger partial charge in [0.25, 0.3) is 0 Å². The maximum atomic E-state index is 13.7. The Morgan fingerprint density at radius 3 is 2.60 bits per heavy atom. The third kappa shape index (κ3) is 2.20. The SMILES string of the molecule is Cn1c(COc2ccc(O)cc2)cc2c(F)cccc21. The van der Waals surface area contributed by atoms with E-state index in [9.17, 15) is 9.50 Å². The van der Waals surface area contributed by atoms with Crippen molar-refractivity contribution in [2.24, 2.45) is 7.05 Å². The van der Waals surface area contributed by atoms with Gasteiger partial charge in [-0.3, -0.25) is 0 Å². The fourth-order valence-electron chi connectivity index (χ4n) is 2.22. The number of halogens is 1. The van der Waals surface area contributed by atoms with Crippen LogP contribution in [0.25, 0.3) is 10.9 Å². The summed E-state index contributed by atoms with van der Waals surface area (Å²) < 4.78 is 21.3. The molecule has 3 aromatic rings. The number of ether oxygens (including phenoxy) is 1. The van der Waals surface area contributed by atoms with Gasteiger partial charge < -0.3 is 14.4 Å². The topological polar surface area (TPSA) is 34.4 Å². The molecule has 102 valence electrons. The summed E-state index contributed by atoms with van der Waals surface area (Å²) in [6.45, 7) is 0.343. The second-order valence-electron chi connectivity index (χ2n) is 4.65. The fraction of sp³-hybridized carbons (Fsp3) is 0.125. The Morgan fingerprint density at radius 2 is 1.90 bits per heavy atom. The van der Waals surface area contributed by atoms with Crippen molar-refractivity contribution in [1.82, 2.24) is 4.57 Å². The predicted octanol–water partition coefficient (Wildman–Crippen LogP) is 3.60. The molecule has 0 bridgehead atoms. The van der Waals surface area contributed by atoms with Gasteiger partial charge >= 0.3 is 0 Å². The molecule has 0 fully saturated rings. The van der Waals surface area contributed by atoms with Crippen LogP contribution in [0.4, 0.5) is 4.39 Å². The molecule has 0 atom stereocenters. The zero-order valence-electron chi connectivity index (χ0n) is 11.0. The molecule has 0 aliphatic carbocycles. The first-order valence-corrected chi connectivity index (χ1v) is 6.30. The van der Waals surface area contributed by atoms with Crippen molar-refractivity contribution in [2.75, 3.05) is 0 Å². The van der Waals surface area contributed by atoms with Gasteiger partial charge in [-0.1, -0.05) is 6.07 Å². The van der Waals surface area contributed by atoms with E-state index in [-0.39, 0.29) is 11.6 Å². The Bertz CT molecular complexity index is 747. The van der Waals surface area contributed by atoms with E-state index < -0.39 is 0 Å². The van der Waals surface area contributed by atoms with Crippen LogP contribution in [0.1, 0.15) is 5.69 Å². The maximum Gasteiger partial charge on any atom is 0.132 e. The molecular weight excluding hydrogens is 257 g/mol. The summed E-state index contributed by atoms with van der Waals surface area (Å²) in [5.74, 6) is 0.631. The average Bonchev–Trinajstić information content (AvgIpc) is 2.77. The number of hydrogen-bond acceptors (Lipinski definition) is 2. The first kappa shape index (κ1) is 12.5. The Labute approximate surface area is 115 Å². The zero-order chi connectivity index (χ0) is 14.1. The van der Waals surface area contributed by atoms with Crippen LogP contribution in [0.5, 0.6) is 11.5 Å². The standard InChI is InChI=1S/C16H14FNO2/c1-18-11(9-14-15(17)3-2-4-16(14)18)10-20-13-7-5-12(19)6-8-13/h2-9,19H,10H2,1H3. The highest BCUT2D eigenvalue weighted by Gasteiger charge is 2.09. The van der Waals surface area contributed by atoms with Gasteiger partial charge in [0.05, 0.1) is 11.2 Å². The van der Waals surface area contributed by atoms with Crippen LogP contribution < -0.4 is 4.74 Å². The van der Waals surface area contributed by atoms with Crippen LogP contribution in [0.2, 0.25) is 0 Å². The number of nitrogens with zero attached hydrogens (tertiary/aromatic N) is 1. The highest BCUT2D eigenvalue weighted by molar-refractivity contribution is 5.81. The molecule has 4 heteroatoms. The van der Waals surface area contributed by atoms with Gasteiger partial charge in [0.15, 0.2) is 0 Å². The lowest BCUT2D eigenvalue weighted by Crippen LogP contribution is -2.01. The Balaban J connectivity index is 1.86. The number of fused-ring (bicyclic) bond motifs is 1. The molecule has 0 aliphatic rings. The van der Waals surface area contributed by atoms with E-state index in [1.165, 1.54) is 6.07 Å². The monoisotopic (exact) mass is 271 g/mol. The lowest BCUT2D eigenvalue weighted by atomic mass is 10.2. The van der Waals surface area contributed by atoms with Crippen molar-refractivity contribution in [3.05, 3.63) is 60.0 Å². The highest BCUT2D eigenvalue weighted by atomic mass is 19.1. The van der Waals surface area contributed by atoms with Crippen LogP contribution in [0.3, 0.4) is 0 Å². The molecule has 0 spiro atoms. The van der Waals surface area contributed by atoms with Crippen molar-refractivity contribution in [1.29, 1.82) is 0 Å². The van der Waals surface area contributed by atoms with Crippen LogP contribution >= 0.6 is 0 Å². The van der Waals surface area contributed by atoms with E-state index in [1.807, 2.05) is 17.7 Å². The van der Waals surface area contributed by atoms with Gasteiger partial charge in [-0.2, -0.15) is 0 Å². The smallest absolute Gasteiger partial charge is 0.132 e. The number of phenolic OH excluding ortho intramolecular Hbond substituents is 1.